The standard InChI is InChI=1S/C21H26N4OS/c1-25-7-2-3-14-9-16(11-19(14)25)24-21(26)20(23)17-10-13(4-5-18(17)22)15-6-8-27-12-15/h4-6,8,10,12,14,16,19,23H,2-3,7,9,11,22H2,1H3,(H,24,26). The molecule has 142 valence electrons. The highest BCUT2D eigenvalue weighted by atomic mass is 32.1. The minimum Gasteiger partial charge on any atom is -0.398 e. The van der Waals surface area contributed by atoms with Crippen molar-refractivity contribution in [1.82, 2.24) is 10.2 Å². The number of benzene rings is 1. The van der Waals surface area contributed by atoms with Crippen LogP contribution in [0.5, 0.6) is 0 Å². The zero-order valence-corrected chi connectivity index (χ0v) is 16.4. The second-order valence-corrected chi connectivity index (χ2v) is 8.56. The lowest BCUT2D eigenvalue weighted by Crippen LogP contribution is -2.41. The number of thiophene rings is 1. The molecule has 4 rings (SSSR count). The third-order valence-electron chi connectivity index (χ3n) is 6.05. The van der Waals surface area contributed by atoms with Gasteiger partial charge in [0.15, 0.2) is 0 Å². The number of amides is 1. The summed E-state index contributed by atoms with van der Waals surface area (Å²) in [5, 5.41) is 15.6. The summed E-state index contributed by atoms with van der Waals surface area (Å²) in [6.45, 7) is 1.14. The number of carbonyl (C=O) groups excluding carboxylic acids is 1. The molecule has 1 amide bonds. The van der Waals surface area contributed by atoms with E-state index in [4.69, 9.17) is 11.1 Å². The van der Waals surface area contributed by atoms with Crippen LogP contribution in [0.25, 0.3) is 11.1 Å². The van der Waals surface area contributed by atoms with Crippen LogP contribution in [0.2, 0.25) is 0 Å². The van der Waals surface area contributed by atoms with E-state index in [0.717, 1.165) is 30.5 Å². The molecule has 1 aromatic heterocycles. The first kappa shape index (κ1) is 18.2. The molecule has 5 nitrogen and oxygen atoms in total. The second-order valence-electron chi connectivity index (χ2n) is 7.78. The maximum atomic E-state index is 12.7. The minimum atomic E-state index is -0.324. The zero-order chi connectivity index (χ0) is 19.0. The first-order valence-corrected chi connectivity index (χ1v) is 10.5. The molecule has 0 bridgehead atoms. The van der Waals surface area contributed by atoms with E-state index in [0.29, 0.717) is 23.2 Å². The monoisotopic (exact) mass is 382 g/mol. The smallest absolute Gasteiger partial charge is 0.270 e. The Bertz CT molecular complexity index is 848. The number of likely N-dealkylation sites (tertiary alicyclic amines) is 1. The van der Waals surface area contributed by atoms with Crippen molar-refractivity contribution in [2.75, 3.05) is 19.3 Å². The van der Waals surface area contributed by atoms with E-state index in [-0.39, 0.29) is 17.7 Å². The van der Waals surface area contributed by atoms with Crippen molar-refractivity contribution < 1.29 is 4.79 Å². The molecule has 2 heterocycles. The van der Waals surface area contributed by atoms with E-state index >= 15 is 0 Å². The number of fused-ring (bicyclic) bond motifs is 1. The van der Waals surface area contributed by atoms with Gasteiger partial charge in [0.05, 0.1) is 0 Å². The highest BCUT2D eigenvalue weighted by Gasteiger charge is 2.39. The highest BCUT2D eigenvalue weighted by molar-refractivity contribution is 7.08. The molecule has 0 radical (unpaired) electrons. The fraction of sp³-hybridized carbons (Fsp3) is 0.429. The maximum absolute atomic E-state index is 12.7. The predicted molar refractivity (Wildman–Crippen MR) is 111 cm³/mol. The summed E-state index contributed by atoms with van der Waals surface area (Å²) in [7, 11) is 2.18. The van der Waals surface area contributed by atoms with Gasteiger partial charge in [0, 0.05) is 23.3 Å². The Kier molecular flexibility index (Phi) is 5.02. The van der Waals surface area contributed by atoms with Gasteiger partial charge in [0.1, 0.15) is 5.71 Å². The fourth-order valence-electron chi connectivity index (χ4n) is 4.60. The van der Waals surface area contributed by atoms with Crippen molar-refractivity contribution in [3.05, 3.63) is 40.6 Å². The molecule has 1 aliphatic carbocycles. The molecule has 0 spiro atoms. The normalized spacial score (nSPS) is 25.1. The van der Waals surface area contributed by atoms with E-state index < -0.39 is 0 Å². The molecule has 3 atom stereocenters. The Morgan fingerprint density at radius 2 is 2.15 bits per heavy atom. The van der Waals surface area contributed by atoms with Crippen LogP contribution in [0.3, 0.4) is 0 Å². The lowest BCUT2D eigenvalue weighted by atomic mass is 9.92. The van der Waals surface area contributed by atoms with Gasteiger partial charge < -0.3 is 16.0 Å². The Balaban J connectivity index is 1.47. The van der Waals surface area contributed by atoms with E-state index in [1.54, 1.807) is 17.4 Å². The van der Waals surface area contributed by atoms with Gasteiger partial charge in [-0.05, 0) is 85.3 Å². The second kappa shape index (κ2) is 7.44. The summed E-state index contributed by atoms with van der Waals surface area (Å²) < 4.78 is 0. The van der Waals surface area contributed by atoms with E-state index in [2.05, 4.69) is 22.6 Å². The molecule has 6 heteroatoms. The number of nitrogens with one attached hydrogen (secondary N) is 2. The van der Waals surface area contributed by atoms with Gasteiger partial charge in [-0.2, -0.15) is 11.3 Å². The average molecular weight is 383 g/mol. The van der Waals surface area contributed by atoms with Crippen LogP contribution in [-0.4, -0.2) is 42.2 Å². The average Bonchev–Trinajstić information content (AvgIpc) is 3.32. The van der Waals surface area contributed by atoms with Crippen LogP contribution in [0.1, 0.15) is 31.2 Å². The number of carbonyl (C=O) groups is 1. The molecule has 1 aliphatic heterocycles. The number of hydrogen-bond acceptors (Lipinski definition) is 5. The molecule has 27 heavy (non-hydrogen) atoms. The molecule has 1 saturated carbocycles. The maximum Gasteiger partial charge on any atom is 0.270 e. The number of anilines is 1. The molecule has 3 unspecified atom stereocenters. The van der Waals surface area contributed by atoms with Gasteiger partial charge in [0.25, 0.3) is 5.91 Å². The first-order chi connectivity index (χ1) is 13.0. The van der Waals surface area contributed by atoms with E-state index in [1.807, 2.05) is 23.6 Å². The van der Waals surface area contributed by atoms with Crippen molar-refractivity contribution in [3.8, 4) is 11.1 Å². The first-order valence-electron chi connectivity index (χ1n) is 9.55. The van der Waals surface area contributed by atoms with Crippen molar-refractivity contribution in [3.63, 3.8) is 0 Å². The quantitative estimate of drug-likeness (QED) is 0.560. The van der Waals surface area contributed by atoms with Crippen molar-refractivity contribution in [2.45, 2.75) is 37.8 Å². The molecule has 2 fully saturated rings. The summed E-state index contributed by atoms with van der Waals surface area (Å²) in [4.78, 5) is 15.2. The van der Waals surface area contributed by atoms with Gasteiger partial charge in [-0.25, -0.2) is 0 Å². The summed E-state index contributed by atoms with van der Waals surface area (Å²) >= 11 is 1.62. The Labute approximate surface area is 164 Å². The topological polar surface area (TPSA) is 82.2 Å². The minimum absolute atomic E-state index is 0.0483. The van der Waals surface area contributed by atoms with Crippen molar-refractivity contribution >= 4 is 28.6 Å². The summed E-state index contributed by atoms with van der Waals surface area (Å²) in [5.74, 6) is 0.339. The molecule has 4 N–H and O–H groups in total. The predicted octanol–water partition coefficient (Wildman–Crippen LogP) is 3.35. The number of hydrogen-bond donors (Lipinski definition) is 3. The van der Waals surface area contributed by atoms with Gasteiger partial charge >= 0.3 is 0 Å². The molecule has 1 saturated heterocycles. The summed E-state index contributed by atoms with van der Waals surface area (Å²) in [5.41, 5.74) is 9.06. The van der Waals surface area contributed by atoms with Crippen molar-refractivity contribution in [2.24, 2.45) is 5.92 Å². The van der Waals surface area contributed by atoms with Crippen LogP contribution in [0.15, 0.2) is 35.0 Å². The van der Waals surface area contributed by atoms with Gasteiger partial charge in [-0.3, -0.25) is 10.2 Å². The molecular formula is C21H26N4OS. The van der Waals surface area contributed by atoms with Crippen LogP contribution in [0.4, 0.5) is 5.69 Å². The number of rotatable bonds is 4. The van der Waals surface area contributed by atoms with Gasteiger partial charge in [-0.15, -0.1) is 0 Å². The Morgan fingerprint density at radius 3 is 2.89 bits per heavy atom. The van der Waals surface area contributed by atoms with Crippen LogP contribution < -0.4 is 11.1 Å². The zero-order valence-electron chi connectivity index (χ0n) is 15.6. The van der Waals surface area contributed by atoms with Crippen LogP contribution in [-0.2, 0) is 4.79 Å². The summed E-state index contributed by atoms with van der Waals surface area (Å²) in [6, 6.07) is 8.30. The van der Waals surface area contributed by atoms with E-state index in [1.165, 1.54) is 12.8 Å². The van der Waals surface area contributed by atoms with Gasteiger partial charge in [0.2, 0.25) is 0 Å². The number of piperidine rings is 1. The Hall–Kier alpha value is -2.18. The fourth-order valence-corrected chi connectivity index (χ4v) is 5.27. The van der Waals surface area contributed by atoms with Crippen LogP contribution in [0, 0.1) is 11.3 Å². The van der Waals surface area contributed by atoms with Crippen LogP contribution >= 0.6 is 11.3 Å². The van der Waals surface area contributed by atoms with E-state index in [9.17, 15) is 4.79 Å². The lowest BCUT2D eigenvalue weighted by Gasteiger charge is -2.34. The SMILES string of the molecule is CN1CCCC2CC(NC(=O)C(=N)c3cc(-c4ccsc4)ccc3N)CC21. The third kappa shape index (κ3) is 3.64. The molecule has 2 aromatic rings. The molecule has 2 aliphatic rings. The van der Waals surface area contributed by atoms with Crippen molar-refractivity contribution in [1.29, 1.82) is 5.41 Å². The molecular weight excluding hydrogens is 356 g/mol. The largest absolute Gasteiger partial charge is 0.398 e. The number of nitrogen functional groups attached to an aromatic ring is 1. The molecule has 1 aromatic carbocycles. The van der Waals surface area contributed by atoms with Gasteiger partial charge in [-0.1, -0.05) is 6.07 Å². The summed E-state index contributed by atoms with van der Waals surface area (Å²) in [6.07, 6.45) is 4.47. The lowest BCUT2D eigenvalue weighted by molar-refractivity contribution is -0.115. The third-order valence-corrected chi connectivity index (χ3v) is 6.73. The number of nitrogens with two attached hydrogens (primary N) is 1. The Morgan fingerprint density at radius 1 is 1.30 bits per heavy atom. The highest BCUT2D eigenvalue weighted by Crippen LogP contribution is 2.36. The number of nitrogens with zero attached hydrogens (tertiary/aromatic N) is 1.